The molecule has 8 N–H and O–H groups in total. The Balaban J connectivity index is 0.000000555. The summed E-state index contributed by atoms with van der Waals surface area (Å²) in [5, 5.41) is 44.1. The van der Waals surface area contributed by atoms with Crippen LogP contribution >= 0.6 is 19.4 Å². The van der Waals surface area contributed by atoms with E-state index in [1.165, 1.54) is 0 Å². The van der Waals surface area contributed by atoms with Crippen LogP contribution in [0.25, 0.3) is 0 Å². The minimum atomic E-state index is -4.64. The van der Waals surface area contributed by atoms with Gasteiger partial charge in [-0.2, -0.15) is 0 Å². The van der Waals surface area contributed by atoms with Gasteiger partial charge in [-0.3, -0.25) is 0 Å². The van der Waals surface area contributed by atoms with Crippen molar-refractivity contribution in [2.45, 2.75) is 35.7 Å². The Morgan fingerprint density at radius 3 is 1.84 bits per heavy atom. The summed E-state index contributed by atoms with van der Waals surface area (Å²) in [7, 11) is -4.64. The summed E-state index contributed by atoms with van der Waals surface area (Å²) in [6, 6.07) is 0. The predicted molar refractivity (Wildman–Crippen MR) is 59.1 cm³/mol. The first-order valence-corrected chi connectivity index (χ1v) is 6.73. The van der Waals surface area contributed by atoms with Crippen LogP contribution < -0.4 is 0 Å². The maximum Gasteiger partial charge on any atom is 0.466 e. The zero-order chi connectivity index (χ0) is 15.6. The number of alkyl halides is 1. The highest BCUT2D eigenvalue weighted by molar-refractivity contribution is 7.45. The Hall–Kier alpha value is -0.290. The molecule has 0 aromatic carbocycles. The number of carboxylic acid groups (broad SMARTS) is 1. The zero-order valence-electron chi connectivity index (χ0n) is 9.24. The molecule has 3 unspecified atom stereocenters. The fraction of sp³-hybridized carbons (Fsp3) is 0.857. The molecule has 114 valence electrons. The Morgan fingerprint density at radius 2 is 1.53 bits per heavy atom. The van der Waals surface area contributed by atoms with E-state index in [1.54, 1.807) is 0 Å². The molecule has 0 aromatic rings. The maximum atomic E-state index is 10.6. The van der Waals surface area contributed by atoms with Gasteiger partial charge < -0.3 is 40.2 Å². The average molecular weight is 325 g/mol. The van der Waals surface area contributed by atoms with Gasteiger partial charge in [0.2, 0.25) is 0 Å². The molecule has 19 heavy (non-hydrogen) atoms. The van der Waals surface area contributed by atoms with Gasteiger partial charge in [0.05, 0.1) is 6.10 Å². The van der Waals surface area contributed by atoms with E-state index in [0.29, 0.717) is 0 Å². The van der Waals surface area contributed by atoms with Gasteiger partial charge in [0, 0.05) is 6.42 Å². The standard InChI is InChI=1S/C7H11ClO6.H3O4P/c8-5-4(11)3(10)2(9)1-7(5,14)6(12)13;1-5(2,3)4/h2-5,9-11,14H,1H2,(H,12,13);(H3,1,2,3,4)/t2-,3?,4+,5?,7?;/m1./s1. The molecule has 0 spiro atoms. The first kappa shape index (κ1) is 18.7. The van der Waals surface area contributed by atoms with Crippen molar-refractivity contribution in [3.05, 3.63) is 0 Å². The largest absolute Gasteiger partial charge is 0.479 e. The molecular weight excluding hydrogens is 310 g/mol. The van der Waals surface area contributed by atoms with Crippen molar-refractivity contribution in [2.24, 2.45) is 0 Å². The van der Waals surface area contributed by atoms with Crippen LogP contribution in [-0.4, -0.2) is 75.5 Å². The highest BCUT2D eigenvalue weighted by Gasteiger charge is 2.55. The fourth-order valence-corrected chi connectivity index (χ4v) is 1.77. The summed E-state index contributed by atoms with van der Waals surface area (Å²) in [6.45, 7) is 0. The number of phosphoric acid groups is 1. The first-order valence-electron chi connectivity index (χ1n) is 4.73. The lowest BCUT2D eigenvalue weighted by molar-refractivity contribution is -0.185. The number of rotatable bonds is 1. The van der Waals surface area contributed by atoms with Crippen LogP contribution in [0.4, 0.5) is 0 Å². The zero-order valence-corrected chi connectivity index (χ0v) is 10.9. The lowest BCUT2D eigenvalue weighted by Crippen LogP contribution is -2.63. The third kappa shape index (κ3) is 5.30. The van der Waals surface area contributed by atoms with Gasteiger partial charge in [-0.1, -0.05) is 0 Å². The molecule has 0 bridgehead atoms. The van der Waals surface area contributed by atoms with E-state index in [4.69, 9.17) is 46.2 Å². The van der Waals surface area contributed by atoms with Gasteiger partial charge in [-0.15, -0.1) is 11.6 Å². The van der Waals surface area contributed by atoms with Crippen LogP contribution in [0, 0.1) is 0 Å². The number of aliphatic hydroxyl groups is 4. The number of aliphatic hydroxyl groups excluding tert-OH is 3. The van der Waals surface area contributed by atoms with E-state index in [1.807, 2.05) is 0 Å². The third-order valence-electron chi connectivity index (χ3n) is 2.39. The second kappa shape index (κ2) is 6.44. The number of carboxylic acids is 1. The third-order valence-corrected chi connectivity index (χ3v) is 3.01. The smallest absolute Gasteiger partial charge is 0.466 e. The van der Waals surface area contributed by atoms with E-state index in [2.05, 4.69) is 0 Å². The lowest BCUT2D eigenvalue weighted by Gasteiger charge is -2.41. The summed E-state index contributed by atoms with van der Waals surface area (Å²) >= 11 is 5.48. The Labute approximate surface area is 111 Å². The molecule has 0 aliphatic heterocycles. The maximum absolute atomic E-state index is 10.6. The van der Waals surface area contributed by atoms with Gasteiger partial charge in [0.15, 0.2) is 5.60 Å². The second-order valence-electron chi connectivity index (χ2n) is 3.90. The Bertz CT molecular complexity index is 363. The fourth-order valence-electron chi connectivity index (χ4n) is 1.44. The second-order valence-corrected chi connectivity index (χ2v) is 5.39. The summed E-state index contributed by atoms with van der Waals surface area (Å²) in [4.78, 5) is 32.2. The van der Waals surface area contributed by atoms with Gasteiger partial charge in [-0.05, 0) is 0 Å². The van der Waals surface area contributed by atoms with E-state index >= 15 is 0 Å². The molecule has 0 radical (unpaired) electrons. The number of aliphatic carboxylic acids is 1. The number of hydrogen-bond acceptors (Lipinski definition) is 6. The van der Waals surface area contributed by atoms with Crippen LogP contribution in [0.3, 0.4) is 0 Å². The van der Waals surface area contributed by atoms with E-state index in [0.717, 1.165) is 0 Å². The highest BCUT2D eigenvalue weighted by Crippen LogP contribution is 2.33. The Morgan fingerprint density at radius 1 is 1.16 bits per heavy atom. The van der Waals surface area contributed by atoms with Gasteiger partial charge in [0.25, 0.3) is 0 Å². The molecule has 5 atom stereocenters. The normalized spacial score (nSPS) is 39.2. The predicted octanol–water partition coefficient (Wildman–Crippen LogP) is -3.03. The molecule has 12 heteroatoms. The monoisotopic (exact) mass is 324 g/mol. The van der Waals surface area contributed by atoms with E-state index in [-0.39, 0.29) is 0 Å². The minimum absolute atomic E-state index is 0.616. The lowest BCUT2D eigenvalue weighted by atomic mass is 9.79. The van der Waals surface area contributed by atoms with Crippen molar-refractivity contribution in [1.29, 1.82) is 0 Å². The SMILES string of the molecule is O=C(O)C1(O)C[C@@H](O)C(O)[C@H](O)C1Cl.O=P(O)(O)O. The van der Waals surface area contributed by atoms with E-state index < -0.39 is 49.5 Å². The van der Waals surface area contributed by atoms with Crippen LogP contribution in [-0.2, 0) is 9.36 Å². The molecule has 1 saturated carbocycles. The number of halogens is 1. The summed E-state index contributed by atoms with van der Waals surface area (Å²) < 4.78 is 8.88. The molecule has 0 aromatic heterocycles. The van der Waals surface area contributed by atoms with Crippen molar-refractivity contribution < 1.29 is 49.6 Å². The van der Waals surface area contributed by atoms with Crippen LogP contribution in [0.2, 0.25) is 0 Å². The molecule has 1 aliphatic carbocycles. The van der Waals surface area contributed by atoms with Crippen molar-refractivity contribution in [1.82, 2.24) is 0 Å². The molecular formula is C7H14ClO10P. The van der Waals surface area contributed by atoms with Gasteiger partial charge in [0.1, 0.15) is 17.6 Å². The van der Waals surface area contributed by atoms with Crippen LogP contribution in [0.15, 0.2) is 0 Å². The summed E-state index contributed by atoms with van der Waals surface area (Å²) in [5.74, 6) is -1.64. The molecule has 1 fully saturated rings. The van der Waals surface area contributed by atoms with Crippen molar-refractivity contribution >= 4 is 25.4 Å². The quantitative estimate of drug-likeness (QED) is 0.181. The first-order chi connectivity index (χ1) is 8.30. The summed E-state index contributed by atoms with van der Waals surface area (Å²) in [6.07, 6.45) is -5.35. The summed E-state index contributed by atoms with van der Waals surface area (Å²) in [5.41, 5.74) is -2.42. The van der Waals surface area contributed by atoms with Crippen molar-refractivity contribution in [3.63, 3.8) is 0 Å². The van der Waals surface area contributed by atoms with Crippen LogP contribution in [0.1, 0.15) is 6.42 Å². The van der Waals surface area contributed by atoms with E-state index in [9.17, 15) is 15.0 Å². The molecule has 10 nitrogen and oxygen atoms in total. The van der Waals surface area contributed by atoms with Crippen molar-refractivity contribution in [3.8, 4) is 0 Å². The molecule has 1 rings (SSSR count). The van der Waals surface area contributed by atoms with Crippen molar-refractivity contribution in [2.75, 3.05) is 0 Å². The molecule has 0 saturated heterocycles. The highest BCUT2D eigenvalue weighted by atomic mass is 35.5. The number of hydrogen-bond donors (Lipinski definition) is 8. The van der Waals surface area contributed by atoms with Gasteiger partial charge >= 0.3 is 13.8 Å². The Kier molecular flexibility index (Phi) is 6.34. The van der Waals surface area contributed by atoms with Crippen LogP contribution in [0.5, 0.6) is 0 Å². The molecule has 0 amide bonds. The molecule has 1 aliphatic rings. The molecule has 0 heterocycles. The number of carbonyl (C=O) groups is 1. The van der Waals surface area contributed by atoms with Gasteiger partial charge in [-0.25, -0.2) is 9.36 Å². The topological polar surface area (TPSA) is 196 Å². The average Bonchev–Trinajstić information content (AvgIpc) is 2.21. The minimum Gasteiger partial charge on any atom is -0.479 e.